The maximum absolute atomic E-state index is 11.6. The fraction of sp³-hybridized carbons (Fsp3) is 0.556. The molecular formula is C9H16N4O2. The second kappa shape index (κ2) is 4.79. The van der Waals surface area contributed by atoms with Crippen LogP contribution in [0.15, 0.2) is 0 Å². The minimum atomic E-state index is -0.321. The van der Waals surface area contributed by atoms with E-state index in [1.54, 1.807) is 6.92 Å². The molecule has 15 heavy (non-hydrogen) atoms. The molecule has 0 aliphatic carbocycles. The summed E-state index contributed by atoms with van der Waals surface area (Å²) >= 11 is 0. The third kappa shape index (κ3) is 2.69. The number of nitrogen functional groups attached to an aromatic ring is 1. The number of hydrogen-bond acceptors (Lipinski definition) is 4. The number of carbonyl (C=O) groups excluding carboxylic acids is 1. The highest BCUT2D eigenvalue weighted by atomic mass is 16.3. The van der Waals surface area contributed by atoms with Gasteiger partial charge in [-0.05, 0) is 20.3 Å². The van der Waals surface area contributed by atoms with Crippen LogP contribution >= 0.6 is 0 Å². The molecule has 84 valence electrons. The number of aliphatic hydroxyl groups excluding tert-OH is 1. The van der Waals surface area contributed by atoms with Crippen LogP contribution in [0.25, 0.3) is 0 Å². The molecule has 0 fully saturated rings. The number of amides is 1. The highest BCUT2D eigenvalue weighted by molar-refractivity contribution is 5.97. The van der Waals surface area contributed by atoms with Crippen LogP contribution in [0.2, 0.25) is 0 Å². The smallest absolute Gasteiger partial charge is 0.274 e. The molecule has 5 N–H and O–H groups in total. The second-order valence-corrected chi connectivity index (χ2v) is 3.50. The molecule has 0 bridgehead atoms. The normalized spacial score (nSPS) is 12.5. The van der Waals surface area contributed by atoms with E-state index in [1.807, 2.05) is 6.92 Å². The summed E-state index contributed by atoms with van der Waals surface area (Å²) in [7, 11) is 0. The Balaban J connectivity index is 2.65. The molecule has 0 spiro atoms. The van der Waals surface area contributed by atoms with Gasteiger partial charge in [-0.3, -0.25) is 9.89 Å². The average molecular weight is 212 g/mol. The van der Waals surface area contributed by atoms with Gasteiger partial charge in [0.05, 0.1) is 11.4 Å². The highest BCUT2D eigenvalue weighted by Gasteiger charge is 2.16. The van der Waals surface area contributed by atoms with E-state index in [-0.39, 0.29) is 24.2 Å². The van der Waals surface area contributed by atoms with Gasteiger partial charge in [-0.2, -0.15) is 5.10 Å². The fourth-order valence-corrected chi connectivity index (χ4v) is 1.17. The molecule has 1 rings (SSSR count). The van der Waals surface area contributed by atoms with E-state index in [1.165, 1.54) is 0 Å². The van der Waals surface area contributed by atoms with Gasteiger partial charge in [0.25, 0.3) is 5.91 Å². The number of nitrogens with zero attached hydrogens (tertiary/aromatic N) is 1. The number of anilines is 1. The number of nitrogens with two attached hydrogens (primary N) is 1. The van der Waals surface area contributed by atoms with Crippen LogP contribution in [-0.2, 0) is 0 Å². The minimum Gasteiger partial charge on any atom is -0.396 e. The Hall–Kier alpha value is -1.56. The van der Waals surface area contributed by atoms with Crippen molar-refractivity contribution in [1.82, 2.24) is 15.5 Å². The summed E-state index contributed by atoms with van der Waals surface area (Å²) in [5, 5.41) is 17.8. The van der Waals surface area contributed by atoms with Crippen LogP contribution in [0.3, 0.4) is 0 Å². The van der Waals surface area contributed by atoms with Crippen molar-refractivity contribution in [3.05, 3.63) is 11.4 Å². The number of carbonyl (C=O) groups is 1. The maximum atomic E-state index is 11.6. The van der Waals surface area contributed by atoms with Crippen LogP contribution in [-0.4, -0.2) is 33.9 Å². The SMILES string of the molecule is Cc1[nH]nc(C(=O)NC(C)CCO)c1N. The topological polar surface area (TPSA) is 104 Å². The van der Waals surface area contributed by atoms with Gasteiger partial charge in [0.15, 0.2) is 5.69 Å². The third-order valence-corrected chi connectivity index (χ3v) is 2.15. The number of aryl methyl sites for hydroxylation is 1. The number of aromatic nitrogens is 2. The first kappa shape index (κ1) is 11.5. The molecule has 0 radical (unpaired) electrons. The van der Waals surface area contributed by atoms with E-state index < -0.39 is 0 Å². The molecule has 0 aliphatic rings. The summed E-state index contributed by atoms with van der Waals surface area (Å²) in [4.78, 5) is 11.6. The molecule has 1 aromatic rings. The van der Waals surface area contributed by atoms with Gasteiger partial charge in [0.1, 0.15) is 0 Å². The monoisotopic (exact) mass is 212 g/mol. The molecule has 0 saturated carbocycles. The Morgan fingerprint density at radius 3 is 2.87 bits per heavy atom. The first-order valence-electron chi connectivity index (χ1n) is 4.78. The average Bonchev–Trinajstić information content (AvgIpc) is 2.48. The standard InChI is InChI=1S/C9H16N4O2/c1-5(3-4-14)11-9(15)8-7(10)6(2)12-13-8/h5,14H,3-4,10H2,1-2H3,(H,11,15)(H,12,13). The number of H-pyrrole nitrogens is 1. The van der Waals surface area contributed by atoms with Gasteiger partial charge in [-0.1, -0.05) is 0 Å². The van der Waals surface area contributed by atoms with Gasteiger partial charge in [-0.15, -0.1) is 0 Å². The van der Waals surface area contributed by atoms with Crippen molar-refractivity contribution in [2.45, 2.75) is 26.3 Å². The zero-order valence-corrected chi connectivity index (χ0v) is 8.87. The Kier molecular flexibility index (Phi) is 3.68. The molecule has 1 amide bonds. The third-order valence-electron chi connectivity index (χ3n) is 2.15. The van der Waals surface area contributed by atoms with E-state index >= 15 is 0 Å². The summed E-state index contributed by atoms with van der Waals surface area (Å²) in [6, 6.07) is -0.0982. The lowest BCUT2D eigenvalue weighted by Gasteiger charge is -2.11. The lowest BCUT2D eigenvalue weighted by atomic mass is 10.2. The molecule has 1 unspecified atom stereocenters. The van der Waals surface area contributed by atoms with E-state index in [4.69, 9.17) is 10.8 Å². The summed E-state index contributed by atoms with van der Waals surface area (Å²) in [5.41, 5.74) is 6.90. The summed E-state index contributed by atoms with van der Waals surface area (Å²) < 4.78 is 0. The molecule has 6 heteroatoms. The molecule has 0 aromatic carbocycles. The zero-order chi connectivity index (χ0) is 11.4. The summed E-state index contributed by atoms with van der Waals surface area (Å²) in [6.07, 6.45) is 0.509. The molecule has 0 aliphatic heterocycles. The number of aliphatic hydroxyl groups is 1. The fourth-order valence-electron chi connectivity index (χ4n) is 1.17. The van der Waals surface area contributed by atoms with E-state index in [9.17, 15) is 4.79 Å². The predicted octanol–water partition coefficient (Wildman–Crippen LogP) is -0.199. The molecule has 1 heterocycles. The van der Waals surface area contributed by atoms with Crippen LogP contribution in [0.5, 0.6) is 0 Å². The summed E-state index contributed by atoms with van der Waals surface area (Å²) in [6.45, 7) is 3.59. The van der Waals surface area contributed by atoms with Crippen LogP contribution in [0, 0.1) is 6.92 Å². The summed E-state index contributed by atoms with van der Waals surface area (Å²) in [5.74, 6) is -0.321. The van der Waals surface area contributed by atoms with Crippen molar-refractivity contribution in [2.75, 3.05) is 12.3 Å². The number of rotatable bonds is 4. The van der Waals surface area contributed by atoms with Gasteiger partial charge < -0.3 is 16.2 Å². The Morgan fingerprint density at radius 2 is 2.40 bits per heavy atom. The number of hydrogen-bond donors (Lipinski definition) is 4. The first-order valence-corrected chi connectivity index (χ1v) is 4.78. The number of aromatic amines is 1. The first-order chi connectivity index (χ1) is 7.06. The predicted molar refractivity (Wildman–Crippen MR) is 56.4 cm³/mol. The Labute approximate surface area is 87.9 Å². The lowest BCUT2D eigenvalue weighted by Crippen LogP contribution is -2.33. The van der Waals surface area contributed by atoms with Crippen LogP contribution in [0.4, 0.5) is 5.69 Å². The molecular weight excluding hydrogens is 196 g/mol. The molecule has 1 aromatic heterocycles. The van der Waals surface area contributed by atoms with Crippen molar-refractivity contribution >= 4 is 11.6 Å². The van der Waals surface area contributed by atoms with Gasteiger partial charge in [0, 0.05) is 12.6 Å². The number of nitrogens with one attached hydrogen (secondary N) is 2. The van der Waals surface area contributed by atoms with Gasteiger partial charge in [-0.25, -0.2) is 0 Å². The highest BCUT2D eigenvalue weighted by Crippen LogP contribution is 2.12. The Morgan fingerprint density at radius 1 is 1.73 bits per heavy atom. The van der Waals surface area contributed by atoms with Crippen molar-refractivity contribution < 1.29 is 9.90 Å². The second-order valence-electron chi connectivity index (χ2n) is 3.50. The quantitative estimate of drug-likeness (QED) is 0.554. The van der Waals surface area contributed by atoms with Crippen LogP contribution in [0.1, 0.15) is 29.5 Å². The molecule has 0 saturated heterocycles. The largest absolute Gasteiger partial charge is 0.396 e. The van der Waals surface area contributed by atoms with Gasteiger partial charge >= 0.3 is 0 Å². The minimum absolute atomic E-state index is 0.0382. The zero-order valence-electron chi connectivity index (χ0n) is 8.87. The van der Waals surface area contributed by atoms with Crippen molar-refractivity contribution in [3.63, 3.8) is 0 Å². The molecule has 6 nitrogen and oxygen atoms in total. The van der Waals surface area contributed by atoms with Gasteiger partial charge in [0.2, 0.25) is 0 Å². The molecule has 1 atom stereocenters. The van der Waals surface area contributed by atoms with Crippen LogP contribution < -0.4 is 11.1 Å². The Bertz CT molecular complexity index is 348. The van der Waals surface area contributed by atoms with E-state index in [0.29, 0.717) is 17.8 Å². The maximum Gasteiger partial charge on any atom is 0.274 e. The van der Waals surface area contributed by atoms with Crippen molar-refractivity contribution in [2.24, 2.45) is 0 Å². The van der Waals surface area contributed by atoms with Crippen molar-refractivity contribution in [3.8, 4) is 0 Å². The van der Waals surface area contributed by atoms with E-state index in [2.05, 4.69) is 15.5 Å². The van der Waals surface area contributed by atoms with Crippen molar-refractivity contribution in [1.29, 1.82) is 0 Å². The lowest BCUT2D eigenvalue weighted by molar-refractivity contribution is 0.0930. The van der Waals surface area contributed by atoms with E-state index in [0.717, 1.165) is 0 Å².